The summed E-state index contributed by atoms with van der Waals surface area (Å²) < 4.78 is 23.8. The Morgan fingerprint density at radius 3 is 1.07 bits per heavy atom. The number of likely N-dealkylation sites (N-methyl/N-ethyl adjacent to an activating group) is 1. The monoisotopic (exact) mass is 1170 g/mol. The van der Waals surface area contributed by atoms with E-state index in [1.54, 1.807) is 6.08 Å². The van der Waals surface area contributed by atoms with E-state index in [2.05, 4.69) is 67.8 Å². The van der Waals surface area contributed by atoms with Crippen molar-refractivity contribution in [3.63, 3.8) is 0 Å². The van der Waals surface area contributed by atoms with E-state index in [0.29, 0.717) is 17.4 Å². The van der Waals surface area contributed by atoms with Crippen LogP contribution in [-0.4, -0.2) is 73.4 Å². The zero-order valence-electron chi connectivity index (χ0n) is 55.2. The predicted molar refractivity (Wildman–Crippen MR) is 360 cm³/mol. The second kappa shape index (κ2) is 63.7. The van der Waals surface area contributed by atoms with Gasteiger partial charge < -0.3 is 19.8 Å². The molecule has 1 amide bonds. The molecule has 0 saturated carbocycles. The van der Waals surface area contributed by atoms with Crippen LogP contribution in [0.25, 0.3) is 0 Å². The Balaban J connectivity index is 4.04. The van der Waals surface area contributed by atoms with Gasteiger partial charge in [0.25, 0.3) is 0 Å². The van der Waals surface area contributed by atoms with Crippen LogP contribution in [0.5, 0.6) is 0 Å². The molecule has 0 heterocycles. The minimum Gasteiger partial charge on any atom is -0.387 e. The van der Waals surface area contributed by atoms with E-state index in [-0.39, 0.29) is 19.1 Å². The quantitative estimate of drug-likeness (QED) is 0.0243. The van der Waals surface area contributed by atoms with Gasteiger partial charge in [-0.3, -0.25) is 13.8 Å². The Labute approximate surface area is 511 Å². The molecule has 0 aromatic carbocycles. The lowest BCUT2D eigenvalue weighted by Gasteiger charge is -2.25. The lowest BCUT2D eigenvalue weighted by Crippen LogP contribution is -2.45. The smallest absolute Gasteiger partial charge is 0.387 e. The maximum absolute atomic E-state index is 13.1. The number of quaternary nitrogens is 1. The molecule has 0 rings (SSSR count). The SMILES string of the molecule is CC/C=C\C/C=C\C/C=C\C/C=C\CCCCCCCCCCCCCCCCCCC(=O)NC(COP(=O)(O)OCC[N+](C)(C)C)C(O)/C=C/CCCCCCCCCCCCCCCCCCCCCCCCCCCCCCC. The molecule has 8 nitrogen and oxygen atoms in total. The maximum atomic E-state index is 13.1. The van der Waals surface area contributed by atoms with Crippen LogP contribution >= 0.6 is 7.82 Å². The summed E-state index contributed by atoms with van der Waals surface area (Å²) in [5.74, 6) is -0.173. The molecule has 9 heteroatoms. The van der Waals surface area contributed by atoms with Crippen molar-refractivity contribution >= 4 is 13.7 Å². The highest BCUT2D eigenvalue weighted by atomic mass is 31.2. The van der Waals surface area contributed by atoms with E-state index >= 15 is 0 Å². The Bertz CT molecular complexity index is 1520. The Hall–Kier alpha value is -1.80. The van der Waals surface area contributed by atoms with Crippen LogP contribution in [0.2, 0.25) is 0 Å². The van der Waals surface area contributed by atoms with E-state index in [1.807, 2.05) is 27.2 Å². The first kappa shape index (κ1) is 80.2. The van der Waals surface area contributed by atoms with Gasteiger partial charge in [-0.2, -0.15) is 0 Å². The van der Waals surface area contributed by atoms with Crippen LogP contribution in [0.1, 0.15) is 348 Å². The molecule has 0 aliphatic carbocycles. The fourth-order valence-electron chi connectivity index (χ4n) is 10.7. The minimum absolute atomic E-state index is 0.0615. The molecule has 0 aromatic rings. The van der Waals surface area contributed by atoms with Crippen molar-refractivity contribution in [2.75, 3.05) is 40.9 Å². The second-order valence-corrected chi connectivity index (χ2v) is 27.0. The van der Waals surface area contributed by atoms with Gasteiger partial charge in [0.05, 0.1) is 39.9 Å². The van der Waals surface area contributed by atoms with E-state index in [9.17, 15) is 19.4 Å². The number of rotatable bonds is 66. The van der Waals surface area contributed by atoms with Crippen LogP contribution in [0, 0.1) is 0 Å². The van der Waals surface area contributed by atoms with Crippen molar-refractivity contribution < 1.29 is 32.9 Å². The van der Waals surface area contributed by atoms with E-state index in [4.69, 9.17) is 9.05 Å². The van der Waals surface area contributed by atoms with Crippen molar-refractivity contribution in [2.45, 2.75) is 360 Å². The molecule has 0 saturated heterocycles. The first-order chi connectivity index (χ1) is 40.0. The molecule has 0 aliphatic rings. The highest BCUT2D eigenvalue weighted by Crippen LogP contribution is 2.43. The van der Waals surface area contributed by atoms with Gasteiger partial charge in [0.15, 0.2) is 0 Å². The minimum atomic E-state index is -4.36. The first-order valence-electron chi connectivity index (χ1n) is 35.7. The first-order valence-corrected chi connectivity index (χ1v) is 37.2. The summed E-state index contributed by atoms with van der Waals surface area (Å²) >= 11 is 0. The molecule has 0 fully saturated rings. The molecular formula is C73H140N2O6P+. The number of phosphoric acid groups is 1. The van der Waals surface area contributed by atoms with Crippen molar-refractivity contribution in [1.82, 2.24) is 5.32 Å². The van der Waals surface area contributed by atoms with Gasteiger partial charge in [0.1, 0.15) is 13.2 Å². The van der Waals surface area contributed by atoms with Gasteiger partial charge in [-0.1, -0.05) is 344 Å². The third kappa shape index (κ3) is 65.7. The molecule has 0 bridgehead atoms. The largest absolute Gasteiger partial charge is 0.472 e. The number of phosphoric ester groups is 1. The van der Waals surface area contributed by atoms with E-state index in [0.717, 1.165) is 64.2 Å². The zero-order chi connectivity index (χ0) is 59.8. The van der Waals surface area contributed by atoms with Crippen molar-refractivity contribution in [3.05, 3.63) is 60.8 Å². The Morgan fingerprint density at radius 1 is 0.427 bits per heavy atom. The van der Waals surface area contributed by atoms with Crippen LogP contribution in [0.3, 0.4) is 0 Å². The third-order valence-electron chi connectivity index (χ3n) is 16.2. The summed E-state index contributed by atoms with van der Waals surface area (Å²) in [6.07, 6.45) is 88.0. The van der Waals surface area contributed by atoms with Crippen LogP contribution in [0.4, 0.5) is 0 Å². The zero-order valence-corrected chi connectivity index (χ0v) is 56.1. The van der Waals surface area contributed by atoms with Gasteiger partial charge in [0, 0.05) is 6.42 Å². The van der Waals surface area contributed by atoms with Gasteiger partial charge in [-0.05, 0) is 57.8 Å². The summed E-state index contributed by atoms with van der Waals surface area (Å²) in [4.78, 5) is 23.4. The van der Waals surface area contributed by atoms with E-state index < -0.39 is 20.0 Å². The summed E-state index contributed by atoms with van der Waals surface area (Å²) in [7, 11) is 1.58. The molecule has 0 radical (unpaired) electrons. The average Bonchev–Trinajstić information content (AvgIpc) is 3.47. The summed E-state index contributed by atoms with van der Waals surface area (Å²) in [6, 6.07) is -0.850. The number of nitrogens with zero attached hydrogens (tertiary/aromatic N) is 1. The van der Waals surface area contributed by atoms with Crippen LogP contribution in [-0.2, 0) is 18.4 Å². The fourth-order valence-corrected chi connectivity index (χ4v) is 11.5. The van der Waals surface area contributed by atoms with Crippen LogP contribution in [0.15, 0.2) is 60.8 Å². The summed E-state index contributed by atoms with van der Waals surface area (Å²) in [5, 5.41) is 14.0. The molecular weight excluding hydrogens is 1030 g/mol. The number of aliphatic hydroxyl groups excluding tert-OH is 1. The highest BCUT2D eigenvalue weighted by molar-refractivity contribution is 7.47. The predicted octanol–water partition coefficient (Wildman–Crippen LogP) is 22.8. The number of carbonyl (C=O) groups is 1. The van der Waals surface area contributed by atoms with Gasteiger partial charge in [-0.15, -0.1) is 0 Å². The number of allylic oxidation sites excluding steroid dienone is 9. The van der Waals surface area contributed by atoms with Crippen molar-refractivity contribution in [2.24, 2.45) is 0 Å². The standard InChI is InChI=1S/C73H139N2O6P/c1-6-8-10-12-14-16-18-20-22-24-26-28-30-32-34-36-37-39-40-42-44-46-48-50-52-54-56-58-60-62-64-66-72(76)71(70-81-82(78,79)80-69-68-75(3,4)5)74-73(77)67-65-63-61-59-57-55-53-51-49-47-45-43-41-38-35-33-31-29-27-25-23-21-19-17-15-13-11-9-7-2/h9,11,15,17,21,23,27,29,64,66,71-72,76H,6-8,10,12-14,16,18-20,22,24-26,28,30-63,65,67-70H2,1-5H3,(H-,74,77,78,79)/p+1/b11-9-,17-15-,23-21-,29-27-,66-64+. The molecule has 0 spiro atoms. The van der Waals surface area contributed by atoms with Gasteiger partial charge >= 0.3 is 7.82 Å². The molecule has 82 heavy (non-hydrogen) atoms. The number of nitrogens with one attached hydrogen (secondary N) is 1. The molecule has 0 aromatic heterocycles. The number of aliphatic hydroxyl groups is 1. The van der Waals surface area contributed by atoms with Crippen molar-refractivity contribution in [1.29, 1.82) is 0 Å². The summed E-state index contributed by atoms with van der Waals surface area (Å²) in [6.45, 7) is 4.75. The number of carbonyl (C=O) groups excluding carboxylic acids is 1. The van der Waals surface area contributed by atoms with Gasteiger partial charge in [-0.25, -0.2) is 4.57 Å². The lowest BCUT2D eigenvalue weighted by atomic mass is 10.0. The molecule has 3 atom stereocenters. The lowest BCUT2D eigenvalue weighted by molar-refractivity contribution is -0.870. The number of hydrogen-bond acceptors (Lipinski definition) is 5. The Morgan fingerprint density at radius 2 is 0.732 bits per heavy atom. The molecule has 482 valence electrons. The average molecular weight is 1170 g/mol. The number of unbranched alkanes of at least 4 members (excludes halogenated alkanes) is 45. The van der Waals surface area contributed by atoms with Gasteiger partial charge in [0.2, 0.25) is 5.91 Å². The molecule has 3 unspecified atom stereocenters. The fraction of sp³-hybridized carbons (Fsp3) is 0.849. The molecule has 0 aliphatic heterocycles. The van der Waals surface area contributed by atoms with Crippen molar-refractivity contribution in [3.8, 4) is 0 Å². The number of amides is 1. The number of hydrogen-bond donors (Lipinski definition) is 3. The second-order valence-electron chi connectivity index (χ2n) is 25.6. The Kier molecular flexibility index (Phi) is 62.3. The maximum Gasteiger partial charge on any atom is 0.472 e. The van der Waals surface area contributed by atoms with E-state index in [1.165, 1.54) is 263 Å². The third-order valence-corrected chi connectivity index (χ3v) is 17.2. The topological polar surface area (TPSA) is 105 Å². The normalized spacial score (nSPS) is 14.0. The highest BCUT2D eigenvalue weighted by Gasteiger charge is 2.28. The van der Waals surface area contributed by atoms with Crippen LogP contribution < -0.4 is 5.32 Å². The summed E-state index contributed by atoms with van der Waals surface area (Å²) in [5.41, 5.74) is 0. The molecule has 3 N–H and O–H groups in total.